The number of rotatable bonds is 0. The van der Waals surface area contributed by atoms with E-state index in [0.29, 0.717) is 12.1 Å². The monoisotopic (exact) mass is 216 g/mol. The molecule has 0 aromatic heterocycles. The van der Waals surface area contributed by atoms with Crippen LogP contribution in [0.4, 0.5) is 0 Å². The second kappa shape index (κ2) is 6.08. The van der Waals surface area contributed by atoms with Crippen LogP contribution < -0.4 is 10.6 Å². The van der Waals surface area contributed by atoms with Gasteiger partial charge in [-0.2, -0.15) is 0 Å². The maximum atomic E-state index is 10.0. The minimum atomic E-state index is -0.757. The van der Waals surface area contributed by atoms with Gasteiger partial charge < -0.3 is 15.7 Å². The summed E-state index contributed by atoms with van der Waals surface area (Å²) in [7, 11) is 0. The third kappa shape index (κ3) is 7.33. The van der Waals surface area contributed by atoms with Gasteiger partial charge in [-0.15, -0.1) is 0 Å². The molecule has 90 valence electrons. The number of carboxylic acid groups (broad SMARTS) is 1. The maximum Gasteiger partial charge on any atom is 0.308 e. The van der Waals surface area contributed by atoms with Gasteiger partial charge >= 0.3 is 5.97 Å². The highest BCUT2D eigenvalue weighted by atomic mass is 16.4. The van der Waals surface area contributed by atoms with Crippen molar-refractivity contribution in [3.8, 4) is 0 Å². The molecule has 1 heterocycles. The Labute approximate surface area is 92.4 Å². The van der Waals surface area contributed by atoms with Crippen molar-refractivity contribution < 1.29 is 9.90 Å². The third-order valence-electron chi connectivity index (χ3n) is 2.11. The minimum absolute atomic E-state index is 0.583. The van der Waals surface area contributed by atoms with Crippen LogP contribution in [0.5, 0.6) is 0 Å². The smallest absolute Gasteiger partial charge is 0.308 e. The molecular formula is C11H24N2O2. The van der Waals surface area contributed by atoms with Crippen molar-refractivity contribution in [2.75, 3.05) is 13.1 Å². The van der Waals surface area contributed by atoms with E-state index in [-0.39, 0.29) is 0 Å². The van der Waals surface area contributed by atoms with E-state index in [1.165, 1.54) is 0 Å². The Bertz CT molecular complexity index is 191. The molecule has 0 amide bonds. The number of nitrogens with one attached hydrogen (secondary N) is 2. The van der Waals surface area contributed by atoms with Crippen molar-refractivity contribution in [2.45, 2.75) is 46.7 Å². The first-order valence-electron chi connectivity index (χ1n) is 5.43. The highest BCUT2D eigenvalue weighted by molar-refractivity contribution is 5.72. The van der Waals surface area contributed by atoms with Gasteiger partial charge in [-0.3, -0.25) is 4.79 Å². The van der Waals surface area contributed by atoms with Gasteiger partial charge in [0.2, 0.25) is 0 Å². The summed E-state index contributed by atoms with van der Waals surface area (Å²) in [4.78, 5) is 10.0. The first-order valence-corrected chi connectivity index (χ1v) is 5.43. The van der Waals surface area contributed by atoms with Gasteiger partial charge in [0.05, 0.1) is 5.41 Å². The van der Waals surface area contributed by atoms with Crippen LogP contribution >= 0.6 is 0 Å². The summed E-state index contributed by atoms with van der Waals surface area (Å²) in [6.07, 6.45) is 0. The number of hydrogen-bond donors (Lipinski definition) is 3. The van der Waals surface area contributed by atoms with Crippen LogP contribution in [0.1, 0.15) is 34.6 Å². The molecule has 2 unspecified atom stereocenters. The Morgan fingerprint density at radius 3 is 1.67 bits per heavy atom. The van der Waals surface area contributed by atoms with Crippen LogP contribution in [0, 0.1) is 5.41 Å². The molecular weight excluding hydrogens is 192 g/mol. The van der Waals surface area contributed by atoms with Crippen molar-refractivity contribution >= 4 is 5.97 Å². The Balaban J connectivity index is 0.000000265. The average Bonchev–Trinajstić information content (AvgIpc) is 2.02. The molecule has 1 aliphatic heterocycles. The lowest BCUT2D eigenvalue weighted by Gasteiger charge is -2.26. The lowest BCUT2D eigenvalue weighted by Crippen LogP contribution is -2.52. The van der Waals surface area contributed by atoms with Crippen LogP contribution in [-0.2, 0) is 4.79 Å². The first kappa shape index (κ1) is 14.4. The van der Waals surface area contributed by atoms with Crippen LogP contribution in [-0.4, -0.2) is 36.2 Å². The second-order valence-electron chi connectivity index (χ2n) is 5.18. The average molecular weight is 216 g/mol. The van der Waals surface area contributed by atoms with Gasteiger partial charge in [0.25, 0.3) is 0 Å². The van der Waals surface area contributed by atoms with Gasteiger partial charge in [-0.1, -0.05) is 0 Å². The maximum absolute atomic E-state index is 10.0. The standard InChI is InChI=1S/C6H14N2.C5H10O2/c1-5-3-7-4-6(2)8-5;1-5(2,3)4(6)7/h5-8H,3-4H2,1-2H3;1-3H3,(H,6,7). The summed E-state index contributed by atoms with van der Waals surface area (Å²) in [6, 6.07) is 1.30. The van der Waals surface area contributed by atoms with E-state index >= 15 is 0 Å². The molecule has 0 aliphatic carbocycles. The topological polar surface area (TPSA) is 61.4 Å². The summed E-state index contributed by atoms with van der Waals surface area (Å²) < 4.78 is 0. The molecule has 1 aliphatic rings. The fraction of sp³-hybridized carbons (Fsp3) is 0.909. The zero-order valence-corrected chi connectivity index (χ0v) is 10.4. The van der Waals surface area contributed by atoms with E-state index in [2.05, 4.69) is 24.5 Å². The van der Waals surface area contributed by atoms with E-state index in [9.17, 15) is 4.79 Å². The summed E-state index contributed by atoms with van der Waals surface area (Å²) in [5.74, 6) is -0.757. The van der Waals surface area contributed by atoms with Gasteiger partial charge in [-0.25, -0.2) is 0 Å². The van der Waals surface area contributed by atoms with Gasteiger partial charge in [0.1, 0.15) is 0 Å². The van der Waals surface area contributed by atoms with Crippen molar-refractivity contribution in [3.63, 3.8) is 0 Å². The van der Waals surface area contributed by atoms with Crippen LogP contribution in [0.2, 0.25) is 0 Å². The molecule has 0 spiro atoms. The van der Waals surface area contributed by atoms with Crippen LogP contribution in [0.15, 0.2) is 0 Å². The quantitative estimate of drug-likeness (QED) is 0.567. The Hall–Kier alpha value is -0.610. The molecule has 1 saturated heterocycles. The molecule has 4 heteroatoms. The lowest BCUT2D eigenvalue weighted by molar-refractivity contribution is -0.145. The van der Waals surface area contributed by atoms with E-state index in [0.717, 1.165) is 13.1 Å². The van der Waals surface area contributed by atoms with E-state index in [4.69, 9.17) is 5.11 Å². The summed E-state index contributed by atoms with van der Waals surface area (Å²) in [5.41, 5.74) is -0.583. The highest BCUT2D eigenvalue weighted by Gasteiger charge is 2.18. The first-order chi connectivity index (χ1) is 6.73. The fourth-order valence-electron chi connectivity index (χ4n) is 1.12. The Morgan fingerprint density at radius 2 is 1.53 bits per heavy atom. The molecule has 0 bridgehead atoms. The summed E-state index contributed by atoms with van der Waals surface area (Å²) in [6.45, 7) is 11.6. The molecule has 1 rings (SSSR count). The predicted octanol–water partition coefficient (Wildman–Crippen LogP) is 1.07. The predicted molar refractivity (Wildman–Crippen MR) is 62.0 cm³/mol. The highest BCUT2D eigenvalue weighted by Crippen LogP contribution is 2.11. The van der Waals surface area contributed by atoms with E-state index in [1.54, 1.807) is 20.8 Å². The zero-order valence-electron chi connectivity index (χ0n) is 10.4. The van der Waals surface area contributed by atoms with Gasteiger partial charge in [0.15, 0.2) is 0 Å². The van der Waals surface area contributed by atoms with Crippen molar-refractivity contribution in [1.82, 2.24) is 10.6 Å². The number of hydrogen-bond acceptors (Lipinski definition) is 3. The zero-order chi connectivity index (χ0) is 12.1. The van der Waals surface area contributed by atoms with Crippen LogP contribution in [0.3, 0.4) is 0 Å². The molecule has 1 fully saturated rings. The SMILES string of the molecule is CC(C)(C)C(=O)O.CC1CNCC(C)N1. The Kier molecular flexibility index (Phi) is 5.83. The number of piperazine rings is 1. The molecule has 3 N–H and O–H groups in total. The lowest BCUT2D eigenvalue weighted by atomic mass is 9.98. The number of carbonyl (C=O) groups is 1. The molecule has 0 aromatic carbocycles. The number of carboxylic acids is 1. The molecule has 0 saturated carbocycles. The van der Waals surface area contributed by atoms with Gasteiger partial charge in [0, 0.05) is 25.2 Å². The van der Waals surface area contributed by atoms with Gasteiger partial charge in [-0.05, 0) is 34.6 Å². The normalized spacial score (nSPS) is 26.5. The van der Waals surface area contributed by atoms with Crippen LogP contribution in [0.25, 0.3) is 0 Å². The summed E-state index contributed by atoms with van der Waals surface area (Å²) >= 11 is 0. The molecule has 15 heavy (non-hydrogen) atoms. The molecule has 4 nitrogen and oxygen atoms in total. The van der Waals surface area contributed by atoms with Crippen molar-refractivity contribution in [3.05, 3.63) is 0 Å². The van der Waals surface area contributed by atoms with E-state index in [1.807, 2.05) is 0 Å². The van der Waals surface area contributed by atoms with E-state index < -0.39 is 11.4 Å². The molecule has 0 aromatic rings. The fourth-order valence-corrected chi connectivity index (χ4v) is 1.12. The molecule has 2 atom stereocenters. The minimum Gasteiger partial charge on any atom is -0.481 e. The third-order valence-corrected chi connectivity index (χ3v) is 2.11. The van der Waals surface area contributed by atoms with Crippen molar-refractivity contribution in [1.29, 1.82) is 0 Å². The second-order valence-corrected chi connectivity index (χ2v) is 5.18. The largest absolute Gasteiger partial charge is 0.481 e. The number of aliphatic carboxylic acids is 1. The van der Waals surface area contributed by atoms with Crippen molar-refractivity contribution in [2.24, 2.45) is 5.41 Å². The molecule has 0 radical (unpaired) electrons. The summed E-state index contributed by atoms with van der Waals surface area (Å²) in [5, 5.41) is 15.0. The Morgan fingerprint density at radius 1 is 1.20 bits per heavy atom.